The van der Waals surface area contributed by atoms with Gasteiger partial charge in [-0.2, -0.15) is 0 Å². The lowest BCUT2D eigenvalue weighted by Gasteiger charge is -2.54. The van der Waals surface area contributed by atoms with Gasteiger partial charge in [0.1, 0.15) is 0 Å². The Morgan fingerprint density at radius 1 is 1.15 bits per heavy atom. The van der Waals surface area contributed by atoms with E-state index in [1.807, 2.05) is 25.1 Å². The molecule has 1 aromatic rings. The van der Waals surface area contributed by atoms with Gasteiger partial charge >= 0.3 is 5.97 Å². The van der Waals surface area contributed by atoms with Crippen molar-refractivity contribution in [2.75, 3.05) is 13.2 Å². The number of carboxylic acid groups (broad SMARTS) is 1. The summed E-state index contributed by atoms with van der Waals surface area (Å²) in [6, 6.07) is 7.28. The van der Waals surface area contributed by atoms with Crippen LogP contribution in [0, 0.1) is 17.3 Å². The molecule has 0 radical (unpaired) electrons. The highest BCUT2D eigenvalue weighted by Crippen LogP contribution is 2.66. The van der Waals surface area contributed by atoms with E-state index in [-0.39, 0.29) is 22.7 Å². The number of allylic oxidation sites excluding steroid dienone is 4. The fourth-order valence-corrected chi connectivity index (χ4v) is 7.42. The average Bonchev–Trinajstić information content (AvgIpc) is 3.07. The molecule has 0 aromatic heterocycles. The van der Waals surface area contributed by atoms with Crippen LogP contribution in [0.2, 0.25) is 0 Å². The Hall–Kier alpha value is -2.24. The maximum atomic E-state index is 12.1. The molecule has 2 N–H and O–H groups in total. The van der Waals surface area contributed by atoms with Crippen molar-refractivity contribution >= 4 is 11.8 Å². The highest BCUT2D eigenvalue weighted by Gasteiger charge is 2.62. The fourth-order valence-electron chi connectivity index (χ4n) is 7.42. The van der Waals surface area contributed by atoms with E-state index in [0.717, 1.165) is 44.1 Å². The number of carbonyl (C=O) groups excluding carboxylic acids is 1. The smallest absolute Gasteiger partial charge is 0.335 e. The Kier molecular flexibility index (Phi) is 5.61. The molecule has 4 aliphatic carbocycles. The first-order chi connectivity index (χ1) is 15.8. The van der Waals surface area contributed by atoms with E-state index >= 15 is 0 Å². The molecule has 0 spiro atoms. The Morgan fingerprint density at radius 2 is 1.91 bits per heavy atom. The second-order valence-electron chi connectivity index (χ2n) is 10.6. The first-order valence-electron chi connectivity index (χ1n) is 12.4. The molecule has 2 unspecified atom stereocenters. The van der Waals surface area contributed by atoms with Crippen LogP contribution in [0.25, 0.3) is 0 Å². The summed E-state index contributed by atoms with van der Waals surface area (Å²) in [5, 5.41) is 21.2. The van der Waals surface area contributed by atoms with Crippen molar-refractivity contribution in [3.05, 3.63) is 58.2 Å². The molecule has 0 bridgehead atoms. The summed E-state index contributed by atoms with van der Waals surface area (Å²) in [7, 11) is 0. The Morgan fingerprint density at radius 3 is 2.61 bits per heavy atom. The number of aromatic carboxylic acids is 1. The molecular weight excluding hydrogens is 416 g/mol. The van der Waals surface area contributed by atoms with Gasteiger partial charge in [0, 0.05) is 24.4 Å². The maximum absolute atomic E-state index is 12.1. The van der Waals surface area contributed by atoms with Crippen LogP contribution in [0.4, 0.5) is 0 Å². The third kappa shape index (κ3) is 3.52. The van der Waals surface area contributed by atoms with Gasteiger partial charge in [-0.25, -0.2) is 4.79 Å². The molecule has 5 nitrogen and oxygen atoms in total. The van der Waals surface area contributed by atoms with Crippen molar-refractivity contribution in [2.45, 2.75) is 70.3 Å². The van der Waals surface area contributed by atoms with Gasteiger partial charge in [-0.3, -0.25) is 4.79 Å². The molecule has 176 valence electrons. The topological polar surface area (TPSA) is 83.8 Å². The molecule has 5 rings (SSSR count). The van der Waals surface area contributed by atoms with Crippen molar-refractivity contribution in [2.24, 2.45) is 17.3 Å². The van der Waals surface area contributed by atoms with Crippen LogP contribution < -0.4 is 0 Å². The largest absolute Gasteiger partial charge is 0.478 e. The first-order valence-corrected chi connectivity index (χ1v) is 12.4. The normalized spacial score (nSPS) is 35.5. The van der Waals surface area contributed by atoms with Crippen LogP contribution in [0.1, 0.15) is 80.6 Å². The van der Waals surface area contributed by atoms with E-state index < -0.39 is 11.6 Å². The van der Waals surface area contributed by atoms with Crippen molar-refractivity contribution in [1.29, 1.82) is 0 Å². The van der Waals surface area contributed by atoms with Crippen LogP contribution >= 0.6 is 0 Å². The van der Waals surface area contributed by atoms with Gasteiger partial charge in [0.15, 0.2) is 5.78 Å². The summed E-state index contributed by atoms with van der Waals surface area (Å²) in [6.45, 7) is 5.16. The number of carboxylic acids is 1. The number of fused-ring (bicyclic) bond motifs is 4. The molecule has 5 atom stereocenters. The van der Waals surface area contributed by atoms with E-state index in [9.17, 15) is 19.8 Å². The van der Waals surface area contributed by atoms with E-state index in [2.05, 4.69) is 6.92 Å². The van der Waals surface area contributed by atoms with Gasteiger partial charge in [0.05, 0.1) is 17.8 Å². The monoisotopic (exact) mass is 450 g/mol. The summed E-state index contributed by atoms with van der Waals surface area (Å²) in [5.74, 6) is 0.177. The minimum absolute atomic E-state index is 0.109. The molecule has 0 saturated heterocycles. The van der Waals surface area contributed by atoms with Crippen molar-refractivity contribution in [3.63, 3.8) is 0 Å². The third-order valence-corrected chi connectivity index (χ3v) is 9.16. The predicted molar refractivity (Wildman–Crippen MR) is 125 cm³/mol. The predicted octanol–water partition coefficient (Wildman–Crippen LogP) is 5.05. The summed E-state index contributed by atoms with van der Waals surface area (Å²) >= 11 is 0. The zero-order valence-electron chi connectivity index (χ0n) is 19.6. The van der Waals surface area contributed by atoms with Crippen LogP contribution in [0.3, 0.4) is 0 Å². The Labute approximate surface area is 195 Å². The molecule has 0 amide bonds. The lowest BCUT2D eigenvalue weighted by molar-refractivity contribution is -0.133. The SMILES string of the molecule is CCOC[C@]1(O)CCC2C3CCC4=CC(=O)CCC4=C3[C@@H](c3ccc(C(=O)O)cc3)C[C@@]21C. The molecular formula is C28H34O5. The first kappa shape index (κ1) is 22.5. The van der Waals surface area contributed by atoms with Crippen molar-refractivity contribution < 1.29 is 24.5 Å². The van der Waals surface area contributed by atoms with Crippen LogP contribution in [0.15, 0.2) is 47.1 Å². The van der Waals surface area contributed by atoms with Gasteiger partial charge in [-0.15, -0.1) is 0 Å². The number of benzene rings is 1. The summed E-state index contributed by atoms with van der Waals surface area (Å²) < 4.78 is 5.78. The number of ketones is 1. The minimum atomic E-state index is -0.923. The summed E-state index contributed by atoms with van der Waals surface area (Å²) in [6.07, 6.45) is 7.71. The number of rotatable bonds is 5. The van der Waals surface area contributed by atoms with Gasteiger partial charge in [0.25, 0.3) is 0 Å². The number of aliphatic hydroxyl groups is 1. The van der Waals surface area contributed by atoms with E-state index in [1.165, 1.54) is 16.7 Å². The zero-order chi connectivity index (χ0) is 23.4. The molecule has 0 aliphatic heterocycles. The minimum Gasteiger partial charge on any atom is -0.478 e. The molecule has 5 heteroatoms. The molecule has 2 fully saturated rings. The van der Waals surface area contributed by atoms with Gasteiger partial charge < -0.3 is 14.9 Å². The van der Waals surface area contributed by atoms with Crippen molar-refractivity contribution in [3.8, 4) is 0 Å². The maximum Gasteiger partial charge on any atom is 0.335 e. The number of carbonyl (C=O) groups is 2. The van der Waals surface area contributed by atoms with Gasteiger partial charge in [0.2, 0.25) is 0 Å². The summed E-state index contributed by atoms with van der Waals surface area (Å²) in [5.41, 5.74) is 4.27. The quantitative estimate of drug-likeness (QED) is 0.656. The zero-order valence-corrected chi connectivity index (χ0v) is 19.6. The lowest BCUT2D eigenvalue weighted by Crippen LogP contribution is -2.53. The van der Waals surface area contributed by atoms with Gasteiger partial charge in [-0.05, 0) is 92.2 Å². The standard InChI is InChI=1S/C28H34O5/c1-3-33-16-28(32)13-12-24-22-10-8-19-14-20(29)9-11-21(19)25(22)23(15-27(24,28)2)17-4-6-18(7-5-17)26(30)31/h4-7,14,22-24,32H,3,8-13,15-16H2,1-2H3,(H,30,31)/t22?,23-,24?,27+,28-/m1/s1. The summed E-state index contributed by atoms with van der Waals surface area (Å²) in [4.78, 5) is 23.6. The fraction of sp³-hybridized carbons (Fsp3) is 0.571. The average molecular weight is 451 g/mol. The second-order valence-corrected chi connectivity index (χ2v) is 10.6. The lowest BCUT2D eigenvalue weighted by atomic mass is 9.51. The van der Waals surface area contributed by atoms with Crippen molar-refractivity contribution in [1.82, 2.24) is 0 Å². The number of hydrogen-bond donors (Lipinski definition) is 2. The number of hydrogen-bond acceptors (Lipinski definition) is 4. The van der Waals surface area contributed by atoms with Crippen LogP contribution in [0.5, 0.6) is 0 Å². The highest BCUT2D eigenvalue weighted by molar-refractivity contribution is 5.93. The molecule has 2 saturated carbocycles. The Bertz CT molecular complexity index is 1030. The molecule has 33 heavy (non-hydrogen) atoms. The second kappa shape index (κ2) is 8.21. The molecule has 0 heterocycles. The van der Waals surface area contributed by atoms with E-state index in [0.29, 0.717) is 31.5 Å². The molecule has 4 aliphatic rings. The highest BCUT2D eigenvalue weighted by atomic mass is 16.5. The van der Waals surface area contributed by atoms with E-state index in [4.69, 9.17) is 4.74 Å². The number of ether oxygens (including phenoxy) is 1. The Balaban J connectivity index is 1.63. The van der Waals surface area contributed by atoms with Gasteiger partial charge in [-0.1, -0.05) is 24.6 Å². The molecule has 1 aromatic carbocycles. The van der Waals surface area contributed by atoms with E-state index in [1.54, 1.807) is 12.1 Å². The third-order valence-electron chi connectivity index (χ3n) is 9.16. The van der Waals surface area contributed by atoms with Crippen LogP contribution in [-0.2, 0) is 9.53 Å². The van der Waals surface area contributed by atoms with Crippen LogP contribution in [-0.4, -0.2) is 40.8 Å².